The van der Waals surface area contributed by atoms with Crippen LogP contribution >= 0.6 is 0 Å². The largest absolute Gasteiger partial charge is 0.496 e. The van der Waals surface area contributed by atoms with Crippen molar-refractivity contribution >= 4 is 11.6 Å². The van der Waals surface area contributed by atoms with Crippen LogP contribution in [0.4, 0.5) is 18.9 Å². The van der Waals surface area contributed by atoms with Crippen molar-refractivity contribution in [3.63, 3.8) is 0 Å². The maximum Gasteiger partial charge on any atom is 0.416 e. The van der Waals surface area contributed by atoms with Crippen LogP contribution in [-0.4, -0.2) is 18.0 Å². The van der Waals surface area contributed by atoms with Gasteiger partial charge in [-0.15, -0.1) is 0 Å². The van der Waals surface area contributed by atoms with E-state index in [0.29, 0.717) is 33.8 Å². The highest BCUT2D eigenvalue weighted by Crippen LogP contribution is 2.35. The van der Waals surface area contributed by atoms with Crippen LogP contribution in [0.2, 0.25) is 0 Å². The third-order valence-electron chi connectivity index (χ3n) is 4.50. The zero-order valence-corrected chi connectivity index (χ0v) is 16.8. The second-order valence-corrected chi connectivity index (χ2v) is 6.97. The minimum Gasteiger partial charge on any atom is -0.496 e. The Labute approximate surface area is 172 Å². The fourth-order valence-electron chi connectivity index (χ4n) is 3.26. The van der Waals surface area contributed by atoms with Gasteiger partial charge in [-0.25, -0.2) is 0 Å². The van der Waals surface area contributed by atoms with Gasteiger partial charge in [0.25, 0.3) is 0 Å². The van der Waals surface area contributed by atoms with Crippen molar-refractivity contribution in [2.24, 2.45) is 0 Å². The molecule has 0 radical (unpaired) electrons. The standard InChI is InChI=1S/C23H21F3N2O2/c1-14-8-17(9-15(2)27-14)18-10-19(23(24,25)26)13-20(11-18)28-22(29)12-16-6-4-5-7-21(16)30-3/h4-11,13H,12H2,1-3H3,(H,28,29). The molecule has 0 aliphatic heterocycles. The molecule has 0 atom stereocenters. The van der Waals surface area contributed by atoms with Crippen LogP contribution in [0.5, 0.6) is 5.75 Å². The second-order valence-electron chi connectivity index (χ2n) is 6.97. The van der Waals surface area contributed by atoms with Crippen LogP contribution in [0.15, 0.2) is 54.6 Å². The predicted molar refractivity (Wildman–Crippen MR) is 109 cm³/mol. The quantitative estimate of drug-likeness (QED) is 0.594. The molecule has 156 valence electrons. The molecule has 1 amide bonds. The Kier molecular flexibility index (Phi) is 6.10. The number of amides is 1. The summed E-state index contributed by atoms with van der Waals surface area (Å²) < 4.78 is 45.6. The van der Waals surface area contributed by atoms with Gasteiger partial charge in [-0.2, -0.15) is 13.2 Å². The lowest BCUT2D eigenvalue weighted by atomic mass is 10.0. The average Bonchev–Trinajstić information content (AvgIpc) is 2.66. The molecule has 0 saturated heterocycles. The zero-order valence-electron chi connectivity index (χ0n) is 16.8. The number of hydrogen-bond acceptors (Lipinski definition) is 3. The van der Waals surface area contributed by atoms with Gasteiger partial charge in [-0.3, -0.25) is 9.78 Å². The Morgan fingerprint density at radius 1 is 1.00 bits per heavy atom. The molecule has 1 N–H and O–H groups in total. The van der Waals surface area contributed by atoms with Crippen molar-refractivity contribution in [1.29, 1.82) is 0 Å². The van der Waals surface area contributed by atoms with Crippen LogP contribution in [0, 0.1) is 13.8 Å². The van der Waals surface area contributed by atoms with Crippen LogP contribution in [0.25, 0.3) is 11.1 Å². The van der Waals surface area contributed by atoms with E-state index in [9.17, 15) is 18.0 Å². The lowest BCUT2D eigenvalue weighted by Gasteiger charge is -2.14. The Morgan fingerprint density at radius 2 is 1.63 bits per heavy atom. The fourth-order valence-corrected chi connectivity index (χ4v) is 3.26. The number of rotatable bonds is 5. The van der Waals surface area contributed by atoms with Crippen LogP contribution in [-0.2, 0) is 17.4 Å². The molecule has 0 unspecified atom stereocenters. The molecular weight excluding hydrogens is 393 g/mol. The second kappa shape index (κ2) is 8.57. The van der Waals surface area contributed by atoms with Crippen LogP contribution in [0.1, 0.15) is 22.5 Å². The van der Waals surface area contributed by atoms with Gasteiger partial charge in [0.1, 0.15) is 5.75 Å². The number of pyridine rings is 1. The SMILES string of the molecule is COc1ccccc1CC(=O)Nc1cc(-c2cc(C)nc(C)c2)cc(C(F)(F)F)c1. The predicted octanol–water partition coefficient (Wildman–Crippen LogP) is 5.57. The highest BCUT2D eigenvalue weighted by atomic mass is 19.4. The third-order valence-corrected chi connectivity index (χ3v) is 4.50. The van der Waals surface area contributed by atoms with Gasteiger partial charge in [-0.1, -0.05) is 18.2 Å². The van der Waals surface area contributed by atoms with Crippen molar-refractivity contribution < 1.29 is 22.7 Å². The van der Waals surface area contributed by atoms with Gasteiger partial charge in [-0.05, 0) is 61.4 Å². The van der Waals surface area contributed by atoms with E-state index in [0.717, 1.165) is 12.1 Å². The summed E-state index contributed by atoms with van der Waals surface area (Å²) in [6.45, 7) is 3.56. The van der Waals surface area contributed by atoms with E-state index in [2.05, 4.69) is 10.3 Å². The van der Waals surface area contributed by atoms with Crippen molar-refractivity contribution in [1.82, 2.24) is 4.98 Å². The number of methoxy groups -OCH3 is 1. The van der Waals surface area contributed by atoms with Gasteiger partial charge in [0, 0.05) is 22.6 Å². The number of nitrogens with one attached hydrogen (secondary N) is 1. The molecule has 3 rings (SSSR count). The van der Waals surface area contributed by atoms with Gasteiger partial charge < -0.3 is 10.1 Å². The molecule has 0 spiro atoms. The molecule has 2 aromatic carbocycles. The maximum absolute atomic E-state index is 13.5. The monoisotopic (exact) mass is 414 g/mol. The first kappa shape index (κ1) is 21.4. The summed E-state index contributed by atoms with van der Waals surface area (Å²) in [6.07, 6.45) is -4.57. The van der Waals surface area contributed by atoms with E-state index in [1.54, 1.807) is 50.2 Å². The van der Waals surface area contributed by atoms with Crippen molar-refractivity contribution in [3.05, 3.63) is 77.1 Å². The number of halogens is 3. The summed E-state index contributed by atoms with van der Waals surface area (Å²) >= 11 is 0. The highest BCUT2D eigenvalue weighted by Gasteiger charge is 2.31. The molecule has 0 bridgehead atoms. The topological polar surface area (TPSA) is 51.2 Å². The number of para-hydroxylation sites is 1. The number of anilines is 1. The Bertz CT molecular complexity index is 1060. The zero-order chi connectivity index (χ0) is 21.9. The first-order valence-corrected chi connectivity index (χ1v) is 9.25. The minimum absolute atomic E-state index is 0.0247. The number of alkyl halides is 3. The molecule has 0 saturated carbocycles. The number of aromatic nitrogens is 1. The normalized spacial score (nSPS) is 11.3. The fraction of sp³-hybridized carbons (Fsp3) is 0.217. The molecule has 7 heteroatoms. The first-order valence-electron chi connectivity index (χ1n) is 9.25. The molecule has 3 aromatic rings. The molecule has 30 heavy (non-hydrogen) atoms. The molecule has 1 aromatic heterocycles. The van der Waals surface area contributed by atoms with Crippen LogP contribution in [0.3, 0.4) is 0 Å². The van der Waals surface area contributed by atoms with Crippen LogP contribution < -0.4 is 10.1 Å². The number of carbonyl (C=O) groups is 1. The molecule has 4 nitrogen and oxygen atoms in total. The first-order chi connectivity index (χ1) is 14.2. The Balaban J connectivity index is 1.94. The van der Waals surface area contributed by atoms with Crippen molar-refractivity contribution in [3.8, 4) is 16.9 Å². The van der Waals surface area contributed by atoms with Crippen molar-refractivity contribution in [2.45, 2.75) is 26.4 Å². The number of nitrogens with zero attached hydrogens (tertiary/aromatic N) is 1. The molecule has 0 fully saturated rings. The van der Waals surface area contributed by atoms with E-state index in [-0.39, 0.29) is 12.1 Å². The molecular formula is C23H21F3N2O2. The van der Waals surface area contributed by atoms with E-state index >= 15 is 0 Å². The summed E-state index contributed by atoms with van der Waals surface area (Å²) in [5.74, 6) is 0.104. The number of ether oxygens (including phenoxy) is 1. The number of hydrogen-bond donors (Lipinski definition) is 1. The number of carbonyl (C=O) groups excluding carboxylic acids is 1. The minimum atomic E-state index is -4.55. The smallest absolute Gasteiger partial charge is 0.416 e. The highest BCUT2D eigenvalue weighted by molar-refractivity contribution is 5.93. The average molecular weight is 414 g/mol. The molecule has 0 aliphatic carbocycles. The van der Waals surface area contributed by atoms with E-state index in [4.69, 9.17) is 4.74 Å². The maximum atomic E-state index is 13.5. The Hall–Kier alpha value is -3.35. The van der Waals surface area contributed by atoms with E-state index in [1.165, 1.54) is 13.2 Å². The molecule has 0 aliphatic rings. The summed E-state index contributed by atoms with van der Waals surface area (Å²) in [5, 5.41) is 2.58. The van der Waals surface area contributed by atoms with Gasteiger partial charge in [0.05, 0.1) is 19.1 Å². The number of aryl methyl sites for hydroxylation is 2. The third kappa shape index (κ3) is 5.17. The van der Waals surface area contributed by atoms with E-state index in [1.807, 2.05) is 0 Å². The lowest BCUT2D eigenvalue weighted by molar-refractivity contribution is -0.137. The number of benzene rings is 2. The Morgan fingerprint density at radius 3 is 2.27 bits per heavy atom. The van der Waals surface area contributed by atoms with Gasteiger partial charge in [0.15, 0.2) is 0 Å². The van der Waals surface area contributed by atoms with E-state index < -0.39 is 17.6 Å². The summed E-state index contributed by atoms with van der Waals surface area (Å²) in [5.41, 5.74) is 2.24. The molecule has 1 heterocycles. The summed E-state index contributed by atoms with van der Waals surface area (Å²) in [7, 11) is 1.49. The summed E-state index contributed by atoms with van der Waals surface area (Å²) in [6, 6.07) is 14.0. The lowest BCUT2D eigenvalue weighted by Crippen LogP contribution is -2.16. The van der Waals surface area contributed by atoms with Crippen molar-refractivity contribution in [2.75, 3.05) is 12.4 Å². The summed E-state index contributed by atoms with van der Waals surface area (Å²) in [4.78, 5) is 16.8. The van der Waals surface area contributed by atoms with Gasteiger partial charge in [0.2, 0.25) is 5.91 Å². The van der Waals surface area contributed by atoms with Gasteiger partial charge >= 0.3 is 6.18 Å².